The van der Waals surface area contributed by atoms with Crippen molar-refractivity contribution in [3.8, 4) is 0 Å². The van der Waals surface area contributed by atoms with E-state index in [1.807, 2.05) is 0 Å². The molecule has 1 aromatic heterocycles. The van der Waals surface area contributed by atoms with Gasteiger partial charge in [-0.25, -0.2) is 18.4 Å². The molecule has 19 heavy (non-hydrogen) atoms. The third kappa shape index (κ3) is 3.07. The number of rotatable bonds is 4. The monoisotopic (exact) mass is 296 g/mol. The van der Waals surface area contributed by atoms with Crippen molar-refractivity contribution in [1.29, 1.82) is 0 Å². The van der Waals surface area contributed by atoms with Crippen molar-refractivity contribution >= 4 is 33.1 Å². The fourth-order valence-corrected chi connectivity index (χ4v) is 2.36. The molecule has 0 aliphatic rings. The van der Waals surface area contributed by atoms with Gasteiger partial charge in [-0.15, -0.1) is 0 Å². The lowest BCUT2D eigenvalue weighted by molar-refractivity contribution is 0.605. The Hall–Kier alpha value is -1.99. The molecule has 0 atom stereocenters. The molecule has 0 bridgehead atoms. The van der Waals surface area contributed by atoms with Crippen molar-refractivity contribution in [2.24, 2.45) is 0 Å². The number of benzene rings is 1. The molecule has 1 heterocycles. The molecule has 0 saturated carbocycles. The molecule has 1 aromatic carbocycles. The van der Waals surface area contributed by atoms with Crippen LogP contribution in [0, 0.1) is 0 Å². The van der Waals surface area contributed by atoms with Gasteiger partial charge >= 0.3 is 0 Å². The zero-order valence-electron chi connectivity index (χ0n) is 9.62. The second-order valence-corrected chi connectivity index (χ2v) is 5.61. The summed E-state index contributed by atoms with van der Waals surface area (Å²) in [5.74, 6) is 0.159. The molecular weight excluding hydrogens is 288 g/mol. The van der Waals surface area contributed by atoms with E-state index in [1.54, 1.807) is 18.2 Å². The highest BCUT2D eigenvalue weighted by Gasteiger charge is 2.15. The summed E-state index contributed by atoms with van der Waals surface area (Å²) < 4.78 is 23.7. The average molecular weight is 297 g/mol. The summed E-state index contributed by atoms with van der Waals surface area (Å²) in [6.45, 7) is 3.29. The van der Waals surface area contributed by atoms with Gasteiger partial charge in [-0.1, -0.05) is 18.7 Å². The molecule has 8 heteroatoms. The molecule has 0 amide bonds. The summed E-state index contributed by atoms with van der Waals surface area (Å²) in [7, 11) is -3.56. The van der Waals surface area contributed by atoms with E-state index in [1.165, 1.54) is 12.4 Å². The largest absolute Gasteiger partial charge is 0.323 e. The van der Waals surface area contributed by atoms with Crippen LogP contribution in [0.4, 0.5) is 11.6 Å². The minimum Gasteiger partial charge on any atom is -0.323 e. The van der Waals surface area contributed by atoms with Crippen LogP contribution in [0.25, 0.3) is 0 Å². The zero-order chi connectivity index (χ0) is 13.9. The molecule has 0 unspecified atom stereocenters. The summed E-state index contributed by atoms with van der Waals surface area (Å²) in [5.41, 5.74) is 0.338. The first-order valence-electron chi connectivity index (χ1n) is 5.11. The summed E-state index contributed by atoms with van der Waals surface area (Å²) in [4.78, 5) is 11.4. The number of nitrogens with zero attached hydrogens (tertiary/aromatic N) is 3. The van der Waals surface area contributed by atoms with E-state index in [4.69, 9.17) is 11.6 Å². The van der Waals surface area contributed by atoms with E-state index in [9.17, 15) is 8.42 Å². The maximum Gasteiger partial charge on any atom is 0.231 e. The van der Waals surface area contributed by atoms with Crippen LogP contribution in [-0.2, 0) is 9.84 Å². The number of para-hydroxylation sites is 1. The van der Waals surface area contributed by atoms with Gasteiger partial charge in [0, 0.05) is 5.41 Å². The van der Waals surface area contributed by atoms with Gasteiger partial charge in [0.2, 0.25) is 21.1 Å². The van der Waals surface area contributed by atoms with Crippen LogP contribution in [0.3, 0.4) is 0 Å². The minimum atomic E-state index is -3.56. The van der Waals surface area contributed by atoms with Crippen molar-refractivity contribution in [3.05, 3.63) is 47.9 Å². The molecule has 0 aliphatic heterocycles. The zero-order valence-corrected chi connectivity index (χ0v) is 11.2. The number of sulfone groups is 1. The second kappa shape index (κ2) is 5.33. The maximum atomic E-state index is 11.8. The first-order chi connectivity index (χ1) is 9.03. The Bertz CT molecular complexity index is 718. The highest BCUT2D eigenvalue weighted by Crippen LogP contribution is 2.24. The van der Waals surface area contributed by atoms with Crippen LogP contribution in [0.5, 0.6) is 0 Å². The predicted octanol–water partition coefficient (Wildman–Crippen LogP) is 2.19. The van der Waals surface area contributed by atoms with E-state index in [-0.39, 0.29) is 16.1 Å². The van der Waals surface area contributed by atoms with Crippen molar-refractivity contribution < 1.29 is 8.42 Å². The fourth-order valence-electron chi connectivity index (χ4n) is 1.36. The van der Waals surface area contributed by atoms with Gasteiger partial charge in [-0.05, 0) is 23.7 Å². The smallest absolute Gasteiger partial charge is 0.231 e. The maximum absolute atomic E-state index is 11.8. The van der Waals surface area contributed by atoms with E-state index >= 15 is 0 Å². The van der Waals surface area contributed by atoms with Gasteiger partial charge in [-0.2, -0.15) is 4.98 Å². The highest BCUT2D eigenvalue weighted by molar-refractivity contribution is 7.94. The van der Waals surface area contributed by atoms with Crippen molar-refractivity contribution in [2.45, 2.75) is 4.90 Å². The van der Waals surface area contributed by atoms with Gasteiger partial charge in [0.1, 0.15) is 6.33 Å². The number of hydrogen-bond donors (Lipinski definition) is 1. The minimum absolute atomic E-state index is 0.0153. The first kappa shape index (κ1) is 13.4. The van der Waals surface area contributed by atoms with Gasteiger partial charge in [0.25, 0.3) is 0 Å². The Balaban J connectivity index is 2.44. The molecule has 0 spiro atoms. The van der Waals surface area contributed by atoms with Crippen molar-refractivity contribution in [2.75, 3.05) is 5.32 Å². The topological polar surface area (TPSA) is 84.8 Å². The lowest BCUT2D eigenvalue weighted by Crippen LogP contribution is -2.04. The molecule has 2 rings (SSSR count). The summed E-state index contributed by atoms with van der Waals surface area (Å²) in [5, 5.41) is 3.68. The predicted molar refractivity (Wildman–Crippen MR) is 71.9 cm³/mol. The Morgan fingerprint density at radius 2 is 2.00 bits per heavy atom. The van der Waals surface area contributed by atoms with Crippen LogP contribution in [0.15, 0.2) is 47.5 Å². The molecule has 2 aromatic rings. The second-order valence-electron chi connectivity index (χ2n) is 3.41. The molecule has 0 fully saturated rings. The lowest BCUT2D eigenvalue weighted by atomic mass is 10.3. The molecule has 0 radical (unpaired) electrons. The third-order valence-corrected chi connectivity index (χ3v) is 3.79. The standard InChI is InChI=1S/C11H9ClN4O2S/c1-2-19(17,18)9-6-4-3-5-8(9)15-11-14-7-13-10(12)16-11/h2-7H,1H2,(H,13,14,15,16). The van der Waals surface area contributed by atoms with Crippen LogP contribution < -0.4 is 5.32 Å². The Labute approximate surface area is 115 Å². The number of nitrogens with one attached hydrogen (secondary N) is 1. The number of aromatic nitrogens is 3. The van der Waals surface area contributed by atoms with Crippen molar-refractivity contribution in [1.82, 2.24) is 15.0 Å². The molecule has 0 saturated heterocycles. The number of anilines is 2. The quantitative estimate of drug-likeness (QED) is 0.931. The summed E-state index contributed by atoms with van der Waals surface area (Å²) >= 11 is 5.63. The van der Waals surface area contributed by atoms with Gasteiger partial charge in [0.15, 0.2) is 0 Å². The normalized spacial score (nSPS) is 11.0. The molecule has 6 nitrogen and oxygen atoms in total. The van der Waals surface area contributed by atoms with Crippen LogP contribution >= 0.6 is 11.6 Å². The summed E-state index contributed by atoms with van der Waals surface area (Å²) in [6, 6.07) is 6.35. The first-order valence-corrected chi connectivity index (χ1v) is 7.03. The third-order valence-electron chi connectivity index (χ3n) is 2.20. The SMILES string of the molecule is C=CS(=O)(=O)c1ccccc1Nc1ncnc(Cl)n1. The number of halogens is 1. The lowest BCUT2D eigenvalue weighted by Gasteiger charge is -2.09. The number of hydrogen-bond acceptors (Lipinski definition) is 6. The molecule has 1 N–H and O–H groups in total. The Morgan fingerprint density at radius 1 is 1.26 bits per heavy atom. The van der Waals surface area contributed by atoms with Crippen LogP contribution in [-0.4, -0.2) is 23.4 Å². The average Bonchev–Trinajstić information content (AvgIpc) is 2.39. The van der Waals surface area contributed by atoms with Crippen LogP contribution in [0.2, 0.25) is 5.28 Å². The fraction of sp³-hybridized carbons (Fsp3) is 0. The van der Waals surface area contributed by atoms with Gasteiger partial charge in [0.05, 0.1) is 10.6 Å². The van der Waals surface area contributed by atoms with E-state index in [0.29, 0.717) is 5.69 Å². The summed E-state index contributed by atoms with van der Waals surface area (Å²) in [6.07, 6.45) is 1.22. The van der Waals surface area contributed by atoms with E-state index < -0.39 is 9.84 Å². The molecular formula is C11H9ClN4O2S. The van der Waals surface area contributed by atoms with Crippen LogP contribution in [0.1, 0.15) is 0 Å². The molecule has 0 aliphatic carbocycles. The van der Waals surface area contributed by atoms with Crippen molar-refractivity contribution in [3.63, 3.8) is 0 Å². The Kier molecular flexibility index (Phi) is 3.77. The van der Waals surface area contributed by atoms with E-state index in [2.05, 4.69) is 26.8 Å². The van der Waals surface area contributed by atoms with E-state index in [0.717, 1.165) is 5.41 Å². The van der Waals surface area contributed by atoms with Gasteiger partial charge in [-0.3, -0.25) is 0 Å². The highest BCUT2D eigenvalue weighted by atomic mass is 35.5. The molecule has 98 valence electrons. The van der Waals surface area contributed by atoms with Gasteiger partial charge < -0.3 is 5.32 Å². The Morgan fingerprint density at radius 3 is 2.68 bits per heavy atom.